The van der Waals surface area contributed by atoms with Crippen LogP contribution in [0, 0.1) is 6.92 Å². The smallest absolute Gasteiger partial charge is 0.330 e. The van der Waals surface area contributed by atoms with Gasteiger partial charge in [-0.25, -0.2) is 4.79 Å². The molecule has 0 radical (unpaired) electrons. The van der Waals surface area contributed by atoms with E-state index in [1.165, 1.54) is 7.11 Å². The first-order valence-electron chi connectivity index (χ1n) is 5.19. The number of carbonyl (C=O) groups excluding carboxylic acids is 1. The molecule has 0 bridgehead atoms. The highest BCUT2D eigenvalue weighted by molar-refractivity contribution is 5.83. The molecule has 2 N–H and O–H groups in total. The number of nitrogens with two attached hydrogens (primary N) is 1. The number of hydrogen-bond acceptors (Lipinski definition) is 4. The third kappa shape index (κ3) is 1.55. The van der Waals surface area contributed by atoms with E-state index in [0.29, 0.717) is 24.3 Å². The van der Waals surface area contributed by atoms with Crippen molar-refractivity contribution >= 4 is 5.97 Å². The summed E-state index contributed by atoms with van der Waals surface area (Å²) in [6.07, 6.45) is 0.441. The maximum absolute atomic E-state index is 11.8. The molecule has 0 saturated carbocycles. The second kappa shape index (κ2) is 3.79. The third-order valence-corrected chi connectivity index (χ3v) is 2.92. The number of rotatable bonds is 1. The zero-order valence-corrected chi connectivity index (χ0v) is 9.45. The number of methoxy groups -OCH3 is 1. The molecule has 1 atom stereocenters. The molecule has 4 nitrogen and oxygen atoms in total. The first kappa shape index (κ1) is 11.0. The summed E-state index contributed by atoms with van der Waals surface area (Å²) >= 11 is 0. The lowest BCUT2D eigenvalue weighted by Crippen LogP contribution is -2.49. The highest BCUT2D eigenvalue weighted by Crippen LogP contribution is 2.36. The van der Waals surface area contributed by atoms with Gasteiger partial charge in [0, 0.05) is 12.0 Å². The Morgan fingerprint density at radius 2 is 2.31 bits per heavy atom. The molecular formula is C12H15NO3. The van der Waals surface area contributed by atoms with Crippen molar-refractivity contribution in [3.05, 3.63) is 29.3 Å². The van der Waals surface area contributed by atoms with Crippen LogP contribution in [0.3, 0.4) is 0 Å². The Morgan fingerprint density at radius 3 is 3.00 bits per heavy atom. The van der Waals surface area contributed by atoms with Crippen LogP contribution in [0.15, 0.2) is 18.2 Å². The first-order valence-corrected chi connectivity index (χ1v) is 5.19. The summed E-state index contributed by atoms with van der Waals surface area (Å²) in [5.74, 6) is 0.257. The van der Waals surface area contributed by atoms with E-state index in [-0.39, 0.29) is 0 Å². The SMILES string of the molecule is COC(=O)C1(N)CCOc2ccc(C)cc21. The molecule has 1 aliphatic heterocycles. The first-order chi connectivity index (χ1) is 7.58. The van der Waals surface area contributed by atoms with Crippen LogP contribution >= 0.6 is 0 Å². The van der Waals surface area contributed by atoms with Gasteiger partial charge in [-0.05, 0) is 19.1 Å². The standard InChI is InChI=1S/C12H15NO3/c1-8-3-4-10-9(7-8)12(13,5-6-16-10)11(14)15-2/h3-4,7H,5-6,13H2,1-2H3. The molecule has 1 aromatic carbocycles. The largest absolute Gasteiger partial charge is 0.493 e. The highest BCUT2D eigenvalue weighted by atomic mass is 16.5. The molecule has 0 aliphatic carbocycles. The third-order valence-electron chi connectivity index (χ3n) is 2.92. The molecule has 4 heteroatoms. The van der Waals surface area contributed by atoms with Crippen molar-refractivity contribution in [3.8, 4) is 5.75 Å². The number of esters is 1. The van der Waals surface area contributed by atoms with Gasteiger partial charge in [0.25, 0.3) is 0 Å². The van der Waals surface area contributed by atoms with Crippen LogP contribution in [0.2, 0.25) is 0 Å². The Morgan fingerprint density at radius 1 is 1.56 bits per heavy atom. The maximum Gasteiger partial charge on any atom is 0.330 e. The molecule has 86 valence electrons. The van der Waals surface area contributed by atoms with Gasteiger partial charge in [0.15, 0.2) is 0 Å². The second-order valence-electron chi connectivity index (χ2n) is 4.06. The molecule has 0 aromatic heterocycles. The summed E-state index contributed by atoms with van der Waals surface area (Å²) in [5.41, 5.74) is 6.82. The van der Waals surface area contributed by atoms with Crippen LogP contribution in [-0.2, 0) is 15.1 Å². The number of benzene rings is 1. The Hall–Kier alpha value is -1.55. The average molecular weight is 221 g/mol. The number of carbonyl (C=O) groups is 1. The molecule has 0 saturated heterocycles. The summed E-state index contributed by atoms with van der Waals surface area (Å²) in [7, 11) is 1.35. The lowest BCUT2D eigenvalue weighted by atomic mass is 9.85. The summed E-state index contributed by atoms with van der Waals surface area (Å²) < 4.78 is 10.3. The van der Waals surface area contributed by atoms with Gasteiger partial charge < -0.3 is 15.2 Å². The molecule has 0 amide bonds. The minimum Gasteiger partial charge on any atom is -0.493 e. The minimum atomic E-state index is -1.08. The summed E-state index contributed by atoms with van der Waals surface area (Å²) in [4.78, 5) is 11.8. The predicted octanol–water partition coefficient (Wildman–Crippen LogP) is 1.10. The van der Waals surface area contributed by atoms with Gasteiger partial charge >= 0.3 is 5.97 Å². The van der Waals surface area contributed by atoms with Crippen molar-refractivity contribution in [1.82, 2.24) is 0 Å². The van der Waals surface area contributed by atoms with Gasteiger partial charge in [0.1, 0.15) is 11.3 Å². The van der Waals surface area contributed by atoms with Crippen LogP contribution in [-0.4, -0.2) is 19.7 Å². The lowest BCUT2D eigenvalue weighted by molar-refractivity contribution is -0.148. The van der Waals surface area contributed by atoms with Crippen molar-refractivity contribution < 1.29 is 14.3 Å². The van der Waals surface area contributed by atoms with Crippen molar-refractivity contribution in [1.29, 1.82) is 0 Å². The van der Waals surface area contributed by atoms with E-state index >= 15 is 0 Å². The number of hydrogen-bond donors (Lipinski definition) is 1. The second-order valence-corrected chi connectivity index (χ2v) is 4.06. The molecule has 1 aromatic rings. The Bertz CT molecular complexity index is 430. The van der Waals surface area contributed by atoms with Gasteiger partial charge in [0.2, 0.25) is 0 Å². The van der Waals surface area contributed by atoms with E-state index in [2.05, 4.69) is 0 Å². The normalized spacial score (nSPS) is 23.2. The summed E-state index contributed by atoms with van der Waals surface area (Å²) in [5, 5.41) is 0. The molecule has 0 fully saturated rings. The molecule has 0 spiro atoms. The average Bonchev–Trinajstić information content (AvgIpc) is 2.29. The van der Waals surface area contributed by atoms with Crippen LogP contribution in [0.25, 0.3) is 0 Å². The topological polar surface area (TPSA) is 61.5 Å². The van der Waals surface area contributed by atoms with Crippen LogP contribution < -0.4 is 10.5 Å². The lowest BCUT2D eigenvalue weighted by Gasteiger charge is -2.33. The number of ether oxygens (including phenoxy) is 2. The van der Waals surface area contributed by atoms with Gasteiger partial charge in [-0.1, -0.05) is 11.6 Å². The van der Waals surface area contributed by atoms with E-state index in [9.17, 15) is 4.79 Å². The van der Waals surface area contributed by atoms with E-state index in [1.54, 1.807) is 0 Å². The predicted molar refractivity (Wildman–Crippen MR) is 59.2 cm³/mol. The molecule has 1 unspecified atom stereocenters. The van der Waals surface area contributed by atoms with E-state index in [0.717, 1.165) is 5.56 Å². The van der Waals surface area contributed by atoms with Crippen LogP contribution in [0.4, 0.5) is 0 Å². The number of aryl methyl sites for hydroxylation is 1. The Balaban J connectivity index is 2.54. The highest BCUT2D eigenvalue weighted by Gasteiger charge is 2.42. The molecular weight excluding hydrogens is 206 g/mol. The van der Waals surface area contributed by atoms with E-state index in [1.807, 2.05) is 25.1 Å². The fourth-order valence-electron chi connectivity index (χ4n) is 1.97. The molecule has 1 heterocycles. The number of fused-ring (bicyclic) bond motifs is 1. The van der Waals surface area contributed by atoms with E-state index < -0.39 is 11.5 Å². The summed E-state index contributed by atoms with van der Waals surface area (Å²) in [6.45, 7) is 2.38. The fraction of sp³-hybridized carbons (Fsp3) is 0.417. The molecule has 2 rings (SSSR count). The van der Waals surface area contributed by atoms with Gasteiger partial charge in [0.05, 0.1) is 13.7 Å². The Labute approximate surface area is 94.3 Å². The van der Waals surface area contributed by atoms with Crippen molar-refractivity contribution in [3.63, 3.8) is 0 Å². The Kier molecular flexibility index (Phi) is 2.59. The van der Waals surface area contributed by atoms with Gasteiger partial charge in [-0.3, -0.25) is 0 Å². The van der Waals surface area contributed by atoms with E-state index in [4.69, 9.17) is 15.2 Å². The monoisotopic (exact) mass is 221 g/mol. The minimum absolute atomic E-state index is 0.414. The quantitative estimate of drug-likeness (QED) is 0.721. The molecule has 1 aliphatic rings. The fourth-order valence-corrected chi connectivity index (χ4v) is 1.97. The van der Waals surface area contributed by atoms with Gasteiger partial charge in [-0.15, -0.1) is 0 Å². The van der Waals surface area contributed by atoms with Gasteiger partial charge in [-0.2, -0.15) is 0 Å². The maximum atomic E-state index is 11.8. The van der Waals surface area contributed by atoms with Crippen molar-refractivity contribution in [2.24, 2.45) is 5.73 Å². The molecule has 16 heavy (non-hydrogen) atoms. The van der Waals surface area contributed by atoms with Crippen LogP contribution in [0.5, 0.6) is 5.75 Å². The van der Waals surface area contributed by atoms with Crippen LogP contribution in [0.1, 0.15) is 17.5 Å². The van der Waals surface area contributed by atoms with Crippen molar-refractivity contribution in [2.75, 3.05) is 13.7 Å². The zero-order chi connectivity index (χ0) is 11.8. The van der Waals surface area contributed by atoms with Crippen molar-refractivity contribution in [2.45, 2.75) is 18.9 Å². The zero-order valence-electron chi connectivity index (χ0n) is 9.45. The summed E-state index contributed by atoms with van der Waals surface area (Å²) in [6, 6.07) is 5.65.